The number of amides is 1. The third kappa shape index (κ3) is 6.50. The molecule has 1 aliphatic carbocycles. The molecule has 0 atom stereocenters. The Kier molecular flexibility index (Phi) is 8.05. The van der Waals surface area contributed by atoms with Gasteiger partial charge >= 0.3 is 0 Å². The molecule has 1 saturated heterocycles. The van der Waals surface area contributed by atoms with Gasteiger partial charge < -0.3 is 25.6 Å². The minimum absolute atomic E-state index is 0.0820. The van der Waals surface area contributed by atoms with Gasteiger partial charge in [0.2, 0.25) is 5.91 Å². The Morgan fingerprint density at radius 2 is 1.72 bits per heavy atom. The van der Waals surface area contributed by atoms with Crippen LogP contribution < -0.4 is 16.0 Å². The second kappa shape index (κ2) is 11.2. The van der Waals surface area contributed by atoms with Crippen LogP contribution in [0.15, 0.2) is 42.5 Å². The summed E-state index contributed by atoms with van der Waals surface area (Å²) in [7, 11) is 0. The average molecular weight is 490 g/mol. The first-order chi connectivity index (χ1) is 17.2. The van der Waals surface area contributed by atoms with Crippen molar-refractivity contribution in [3.05, 3.63) is 53.6 Å². The molecule has 0 bridgehead atoms. The third-order valence-corrected chi connectivity index (χ3v) is 7.37. The highest BCUT2D eigenvalue weighted by Gasteiger charge is 2.26. The molecule has 4 rings (SSSR count). The van der Waals surface area contributed by atoms with Crippen LogP contribution in [0, 0.1) is 11.3 Å². The van der Waals surface area contributed by atoms with Gasteiger partial charge in [0.15, 0.2) is 0 Å². The van der Waals surface area contributed by atoms with Crippen molar-refractivity contribution in [3.8, 4) is 6.07 Å². The molecule has 1 saturated carbocycles. The largest absolute Gasteiger partial charge is 0.399 e. The first-order valence-electron chi connectivity index (χ1n) is 13.0. The lowest BCUT2D eigenvalue weighted by Crippen LogP contribution is -2.50. The van der Waals surface area contributed by atoms with Gasteiger partial charge in [0.25, 0.3) is 0 Å². The van der Waals surface area contributed by atoms with Crippen LogP contribution in [-0.4, -0.2) is 55.7 Å². The number of carbonyl (C=O) groups excluding carboxylic acids is 1. The van der Waals surface area contributed by atoms with E-state index in [-0.39, 0.29) is 24.0 Å². The lowest BCUT2D eigenvalue weighted by atomic mass is 9.87. The molecule has 2 aromatic carbocycles. The molecule has 3 N–H and O–H groups in total. The monoisotopic (exact) mass is 489 g/mol. The Morgan fingerprint density at radius 3 is 2.33 bits per heavy atom. The summed E-state index contributed by atoms with van der Waals surface area (Å²) in [6, 6.07) is 16.7. The van der Waals surface area contributed by atoms with Crippen molar-refractivity contribution < 1.29 is 9.53 Å². The summed E-state index contributed by atoms with van der Waals surface area (Å²) in [6.07, 6.45) is 3.80. The number of benzene rings is 2. The summed E-state index contributed by atoms with van der Waals surface area (Å²) in [4.78, 5) is 17.1. The lowest BCUT2D eigenvalue weighted by Gasteiger charge is -2.37. The zero-order valence-corrected chi connectivity index (χ0v) is 21.8. The quantitative estimate of drug-likeness (QED) is 0.579. The van der Waals surface area contributed by atoms with Crippen LogP contribution in [-0.2, 0) is 14.9 Å². The summed E-state index contributed by atoms with van der Waals surface area (Å²) in [6.45, 7) is 9.96. The van der Waals surface area contributed by atoms with E-state index in [4.69, 9.17) is 10.5 Å². The SMILES string of the molecule is CC(C)(C)c1ccc(N2CCN(C(=O)COC3CCC(Nc4ccc(N)cc4C#N)CC3)CC2)cc1. The van der Waals surface area contributed by atoms with Crippen LogP contribution >= 0.6 is 0 Å². The third-order valence-electron chi connectivity index (χ3n) is 7.37. The van der Waals surface area contributed by atoms with E-state index in [0.29, 0.717) is 17.3 Å². The lowest BCUT2D eigenvalue weighted by molar-refractivity contribution is -0.139. The number of piperazine rings is 1. The molecule has 192 valence electrons. The smallest absolute Gasteiger partial charge is 0.248 e. The van der Waals surface area contributed by atoms with Crippen LogP contribution in [0.1, 0.15) is 57.6 Å². The number of carbonyl (C=O) groups is 1. The molecule has 2 aromatic rings. The van der Waals surface area contributed by atoms with Crippen LogP contribution in [0.2, 0.25) is 0 Å². The summed E-state index contributed by atoms with van der Waals surface area (Å²) in [5.41, 5.74) is 10.5. The minimum Gasteiger partial charge on any atom is -0.399 e. The van der Waals surface area contributed by atoms with Gasteiger partial charge in [-0.2, -0.15) is 5.26 Å². The molecule has 7 nitrogen and oxygen atoms in total. The molecular weight excluding hydrogens is 450 g/mol. The van der Waals surface area contributed by atoms with Crippen LogP contribution in [0.25, 0.3) is 0 Å². The van der Waals surface area contributed by atoms with Crippen molar-refractivity contribution in [2.24, 2.45) is 0 Å². The number of ether oxygens (including phenoxy) is 1. The molecule has 2 fully saturated rings. The number of nitrogens with zero attached hydrogens (tertiary/aromatic N) is 3. The zero-order chi connectivity index (χ0) is 25.7. The van der Waals surface area contributed by atoms with Crippen molar-refractivity contribution in [1.82, 2.24) is 4.90 Å². The van der Waals surface area contributed by atoms with Gasteiger partial charge in [-0.3, -0.25) is 4.79 Å². The number of nitriles is 1. The van der Waals surface area contributed by atoms with Crippen LogP contribution in [0.4, 0.5) is 17.1 Å². The molecule has 1 heterocycles. The van der Waals surface area contributed by atoms with E-state index < -0.39 is 0 Å². The van der Waals surface area contributed by atoms with E-state index in [2.05, 4.69) is 61.3 Å². The van der Waals surface area contributed by atoms with Gasteiger partial charge in [0.1, 0.15) is 12.7 Å². The van der Waals surface area contributed by atoms with Gasteiger partial charge in [0.05, 0.1) is 17.4 Å². The Balaban J connectivity index is 1.17. The number of hydrogen-bond donors (Lipinski definition) is 2. The Bertz CT molecular complexity index is 1070. The molecule has 0 aromatic heterocycles. The Labute approximate surface area is 215 Å². The van der Waals surface area contributed by atoms with E-state index in [1.807, 2.05) is 17.0 Å². The number of anilines is 3. The molecule has 36 heavy (non-hydrogen) atoms. The fourth-order valence-electron chi connectivity index (χ4n) is 5.04. The number of nitrogens with one attached hydrogen (secondary N) is 1. The highest BCUT2D eigenvalue weighted by molar-refractivity contribution is 5.77. The van der Waals surface area contributed by atoms with Gasteiger partial charge in [-0.25, -0.2) is 0 Å². The van der Waals surface area contributed by atoms with Gasteiger partial charge in [-0.05, 0) is 67.0 Å². The van der Waals surface area contributed by atoms with E-state index in [0.717, 1.165) is 57.5 Å². The van der Waals surface area contributed by atoms with Crippen LogP contribution in [0.5, 0.6) is 0 Å². The second-order valence-electron chi connectivity index (χ2n) is 11.0. The second-order valence-corrected chi connectivity index (χ2v) is 11.0. The standard InChI is InChI=1S/C29H39N5O2/c1-29(2,3)22-4-9-25(10-5-22)33-14-16-34(17-15-33)28(35)20-36-26-11-7-24(8-12-26)32-27-13-6-23(31)18-21(27)19-30/h4-6,9-10,13,18,24,26,32H,7-8,11-12,14-17,20,31H2,1-3H3. The summed E-state index contributed by atoms with van der Waals surface area (Å²) in [5, 5.41) is 12.8. The number of nitrogens with two attached hydrogens (primary N) is 1. The van der Waals surface area contributed by atoms with Crippen molar-refractivity contribution in [2.75, 3.05) is 48.7 Å². The molecule has 1 amide bonds. The Hall–Kier alpha value is -3.24. The van der Waals surface area contributed by atoms with Crippen molar-refractivity contribution in [2.45, 2.75) is 64.0 Å². The molecule has 0 spiro atoms. The fraction of sp³-hybridized carbons (Fsp3) is 0.517. The summed E-state index contributed by atoms with van der Waals surface area (Å²) < 4.78 is 6.01. The number of hydrogen-bond acceptors (Lipinski definition) is 6. The van der Waals surface area contributed by atoms with Gasteiger partial charge in [0, 0.05) is 43.6 Å². The maximum absolute atomic E-state index is 12.8. The predicted octanol–water partition coefficient (Wildman–Crippen LogP) is 4.53. The topological polar surface area (TPSA) is 94.6 Å². The maximum atomic E-state index is 12.8. The predicted molar refractivity (Wildman–Crippen MR) is 145 cm³/mol. The van der Waals surface area contributed by atoms with E-state index >= 15 is 0 Å². The first kappa shape index (κ1) is 25.8. The zero-order valence-electron chi connectivity index (χ0n) is 21.8. The average Bonchev–Trinajstić information content (AvgIpc) is 2.88. The molecule has 2 aliphatic rings. The molecule has 0 radical (unpaired) electrons. The van der Waals surface area contributed by atoms with E-state index in [1.165, 1.54) is 11.3 Å². The molecule has 0 unspecified atom stereocenters. The highest BCUT2D eigenvalue weighted by Crippen LogP contribution is 2.27. The summed E-state index contributed by atoms with van der Waals surface area (Å²) in [5.74, 6) is 0.0820. The normalized spacial score (nSPS) is 20.6. The van der Waals surface area contributed by atoms with Crippen molar-refractivity contribution in [3.63, 3.8) is 0 Å². The number of nitrogen functional groups attached to an aromatic ring is 1. The first-order valence-corrected chi connectivity index (χ1v) is 13.0. The minimum atomic E-state index is 0.0820. The van der Waals surface area contributed by atoms with Gasteiger partial charge in [-0.15, -0.1) is 0 Å². The van der Waals surface area contributed by atoms with E-state index in [1.54, 1.807) is 6.07 Å². The van der Waals surface area contributed by atoms with Crippen molar-refractivity contribution in [1.29, 1.82) is 5.26 Å². The molecular formula is C29H39N5O2. The van der Waals surface area contributed by atoms with Crippen LogP contribution in [0.3, 0.4) is 0 Å². The van der Waals surface area contributed by atoms with Gasteiger partial charge in [-0.1, -0.05) is 32.9 Å². The highest BCUT2D eigenvalue weighted by atomic mass is 16.5. The fourth-order valence-corrected chi connectivity index (χ4v) is 5.04. The molecule has 1 aliphatic heterocycles. The van der Waals surface area contributed by atoms with E-state index in [9.17, 15) is 10.1 Å². The van der Waals surface area contributed by atoms with Crippen molar-refractivity contribution >= 4 is 23.0 Å². The maximum Gasteiger partial charge on any atom is 0.248 e. The molecule has 7 heteroatoms. The summed E-state index contributed by atoms with van der Waals surface area (Å²) >= 11 is 0. The number of rotatable bonds is 6. The Morgan fingerprint density at radius 1 is 1.06 bits per heavy atom.